The van der Waals surface area contributed by atoms with E-state index < -0.39 is 0 Å². The van der Waals surface area contributed by atoms with E-state index in [1.807, 2.05) is 42.5 Å². The van der Waals surface area contributed by atoms with Crippen molar-refractivity contribution in [1.29, 1.82) is 0 Å². The number of rotatable bonds is 3. The maximum atomic E-state index is 12.6. The van der Waals surface area contributed by atoms with Gasteiger partial charge in [0.15, 0.2) is 11.5 Å². The van der Waals surface area contributed by atoms with E-state index in [0.717, 1.165) is 33.3 Å². The van der Waals surface area contributed by atoms with Gasteiger partial charge in [0.05, 0.1) is 7.11 Å². The summed E-state index contributed by atoms with van der Waals surface area (Å²) in [5.74, 6) is 1.23. The molecule has 0 fully saturated rings. The van der Waals surface area contributed by atoms with Gasteiger partial charge in [0.25, 0.3) is 5.91 Å². The molecule has 0 saturated heterocycles. The van der Waals surface area contributed by atoms with E-state index in [0.29, 0.717) is 23.6 Å². The second-order valence-corrected chi connectivity index (χ2v) is 6.74. The number of aromatic nitrogens is 1. The lowest BCUT2D eigenvalue weighted by Gasteiger charge is -2.15. The van der Waals surface area contributed by atoms with Crippen LogP contribution < -0.4 is 10.1 Å². The summed E-state index contributed by atoms with van der Waals surface area (Å²) in [6.45, 7) is 0. The van der Waals surface area contributed by atoms with Crippen molar-refractivity contribution in [2.75, 3.05) is 12.4 Å². The van der Waals surface area contributed by atoms with Crippen LogP contribution in [0.15, 0.2) is 51.5 Å². The first-order valence-electron chi connectivity index (χ1n) is 7.88. The number of aryl methyl sites for hydroxylation is 1. The molecule has 1 aliphatic carbocycles. The highest BCUT2D eigenvalue weighted by atomic mass is 79.9. The number of halogens is 1. The molecule has 126 valence electrons. The van der Waals surface area contributed by atoms with Crippen molar-refractivity contribution in [3.63, 3.8) is 0 Å². The van der Waals surface area contributed by atoms with Crippen molar-refractivity contribution in [3.8, 4) is 17.1 Å². The maximum absolute atomic E-state index is 12.6. The highest BCUT2D eigenvalue weighted by Crippen LogP contribution is 2.37. The topological polar surface area (TPSA) is 64.4 Å². The normalized spacial score (nSPS) is 12.2. The molecule has 3 aromatic rings. The molecule has 1 heterocycles. The lowest BCUT2D eigenvalue weighted by Crippen LogP contribution is -2.15. The fourth-order valence-electron chi connectivity index (χ4n) is 3.04. The van der Waals surface area contributed by atoms with Gasteiger partial charge in [0, 0.05) is 21.3 Å². The Hall–Kier alpha value is -2.60. The van der Waals surface area contributed by atoms with Gasteiger partial charge < -0.3 is 14.6 Å². The van der Waals surface area contributed by atoms with Gasteiger partial charge >= 0.3 is 0 Å². The molecule has 0 spiro atoms. The maximum Gasteiger partial charge on any atom is 0.278 e. The third-order valence-corrected chi connectivity index (χ3v) is 4.84. The number of nitrogens with one attached hydrogen (secondary N) is 1. The molecule has 1 aliphatic rings. The molecule has 0 atom stereocenters. The van der Waals surface area contributed by atoms with Crippen LogP contribution >= 0.6 is 15.9 Å². The van der Waals surface area contributed by atoms with Gasteiger partial charge in [-0.1, -0.05) is 21.1 Å². The number of anilines is 1. The molecule has 1 amide bonds. The molecule has 1 aromatic heterocycles. The molecule has 25 heavy (non-hydrogen) atoms. The standard InChI is InChI=1S/C19H15BrN2O3/c1-24-14-7-9-15-11(10-14)2-8-16-17(22-25-18(15)16)19(23)21-13-5-3-12(20)4-6-13/h3-7,9-10H,2,8H2,1H3,(H,21,23). The highest BCUT2D eigenvalue weighted by molar-refractivity contribution is 9.10. The van der Waals surface area contributed by atoms with Crippen molar-refractivity contribution < 1.29 is 14.1 Å². The van der Waals surface area contributed by atoms with Crippen LogP contribution in [0.1, 0.15) is 21.6 Å². The van der Waals surface area contributed by atoms with Crippen molar-refractivity contribution in [1.82, 2.24) is 5.16 Å². The summed E-state index contributed by atoms with van der Waals surface area (Å²) in [4.78, 5) is 12.6. The Bertz CT molecular complexity index is 948. The molecule has 6 heteroatoms. The lowest BCUT2D eigenvalue weighted by atomic mass is 9.89. The Balaban J connectivity index is 1.64. The average Bonchev–Trinajstić information content (AvgIpc) is 3.07. The lowest BCUT2D eigenvalue weighted by molar-refractivity contribution is 0.101. The van der Waals surface area contributed by atoms with Crippen LogP contribution in [0.25, 0.3) is 11.3 Å². The fourth-order valence-corrected chi connectivity index (χ4v) is 3.30. The molecular weight excluding hydrogens is 384 g/mol. The molecule has 0 radical (unpaired) electrons. The predicted molar refractivity (Wildman–Crippen MR) is 98.0 cm³/mol. The largest absolute Gasteiger partial charge is 0.497 e. The second kappa shape index (κ2) is 6.37. The summed E-state index contributed by atoms with van der Waals surface area (Å²) in [6.07, 6.45) is 1.53. The van der Waals surface area contributed by atoms with E-state index in [2.05, 4.69) is 26.4 Å². The average molecular weight is 399 g/mol. The Kier molecular flexibility index (Phi) is 4.05. The third-order valence-electron chi connectivity index (χ3n) is 4.31. The first-order chi connectivity index (χ1) is 12.2. The van der Waals surface area contributed by atoms with E-state index in [9.17, 15) is 4.79 Å². The van der Waals surface area contributed by atoms with Crippen molar-refractivity contribution >= 4 is 27.5 Å². The quantitative estimate of drug-likeness (QED) is 0.706. The van der Waals surface area contributed by atoms with Gasteiger partial charge in [-0.3, -0.25) is 4.79 Å². The number of carbonyl (C=O) groups excluding carboxylic acids is 1. The molecule has 5 nitrogen and oxygen atoms in total. The van der Waals surface area contributed by atoms with Crippen LogP contribution in [0, 0.1) is 0 Å². The zero-order chi connectivity index (χ0) is 17.4. The number of hydrogen-bond donors (Lipinski definition) is 1. The zero-order valence-electron chi connectivity index (χ0n) is 13.5. The first kappa shape index (κ1) is 15.9. The summed E-state index contributed by atoms with van der Waals surface area (Å²) < 4.78 is 11.7. The van der Waals surface area contributed by atoms with Crippen LogP contribution in [-0.2, 0) is 12.8 Å². The van der Waals surface area contributed by atoms with Crippen LogP contribution in [0.2, 0.25) is 0 Å². The number of carbonyl (C=O) groups is 1. The SMILES string of the molecule is COc1ccc2c(c1)CCc1c(C(=O)Nc3ccc(Br)cc3)noc1-2. The Labute approximate surface area is 153 Å². The fraction of sp³-hybridized carbons (Fsp3) is 0.158. The van der Waals surface area contributed by atoms with Crippen LogP contribution in [0.4, 0.5) is 5.69 Å². The number of amides is 1. The van der Waals surface area contributed by atoms with E-state index >= 15 is 0 Å². The number of hydrogen-bond acceptors (Lipinski definition) is 4. The number of methoxy groups -OCH3 is 1. The Morgan fingerprint density at radius 3 is 2.76 bits per heavy atom. The third kappa shape index (κ3) is 2.93. The zero-order valence-corrected chi connectivity index (χ0v) is 15.1. The van der Waals surface area contributed by atoms with Gasteiger partial charge in [0.1, 0.15) is 5.75 Å². The van der Waals surface area contributed by atoms with Gasteiger partial charge in [-0.25, -0.2) is 0 Å². The van der Waals surface area contributed by atoms with E-state index in [1.165, 1.54) is 0 Å². The molecule has 1 N–H and O–H groups in total. The molecule has 2 aromatic carbocycles. The van der Waals surface area contributed by atoms with Crippen molar-refractivity contribution in [3.05, 3.63) is 63.8 Å². The summed E-state index contributed by atoms with van der Waals surface area (Å²) in [6, 6.07) is 13.2. The predicted octanol–water partition coefficient (Wildman–Crippen LogP) is 4.46. The van der Waals surface area contributed by atoms with Crippen LogP contribution in [0.5, 0.6) is 5.75 Å². The molecule has 4 rings (SSSR count). The second-order valence-electron chi connectivity index (χ2n) is 5.82. The minimum Gasteiger partial charge on any atom is -0.497 e. The molecule has 0 aliphatic heterocycles. The minimum absolute atomic E-state index is 0.260. The van der Waals surface area contributed by atoms with E-state index in [4.69, 9.17) is 9.26 Å². The van der Waals surface area contributed by atoms with Crippen molar-refractivity contribution in [2.24, 2.45) is 0 Å². The Morgan fingerprint density at radius 1 is 1.20 bits per heavy atom. The van der Waals surface area contributed by atoms with Crippen molar-refractivity contribution in [2.45, 2.75) is 12.8 Å². The Morgan fingerprint density at radius 2 is 2.00 bits per heavy atom. The minimum atomic E-state index is -0.260. The first-order valence-corrected chi connectivity index (χ1v) is 8.68. The van der Waals surface area contributed by atoms with Gasteiger partial charge in [-0.2, -0.15) is 0 Å². The number of benzene rings is 2. The van der Waals surface area contributed by atoms with Crippen LogP contribution in [0.3, 0.4) is 0 Å². The summed E-state index contributed by atoms with van der Waals surface area (Å²) in [5.41, 5.74) is 4.03. The van der Waals surface area contributed by atoms with E-state index in [-0.39, 0.29) is 5.91 Å². The summed E-state index contributed by atoms with van der Waals surface area (Å²) >= 11 is 3.38. The summed E-state index contributed by atoms with van der Waals surface area (Å²) in [7, 11) is 1.65. The molecule has 0 unspecified atom stereocenters. The smallest absolute Gasteiger partial charge is 0.278 e. The number of fused-ring (bicyclic) bond motifs is 3. The van der Waals surface area contributed by atoms with Gasteiger partial charge in [0.2, 0.25) is 0 Å². The van der Waals surface area contributed by atoms with Gasteiger partial charge in [-0.15, -0.1) is 0 Å². The molecular formula is C19H15BrN2O3. The van der Waals surface area contributed by atoms with E-state index in [1.54, 1.807) is 7.11 Å². The molecule has 0 bridgehead atoms. The summed E-state index contributed by atoms with van der Waals surface area (Å²) in [5, 5.41) is 6.89. The van der Waals surface area contributed by atoms with Gasteiger partial charge in [-0.05, 0) is 60.9 Å². The monoisotopic (exact) mass is 398 g/mol. The number of ether oxygens (including phenoxy) is 1. The molecule has 0 saturated carbocycles. The number of nitrogens with zero attached hydrogens (tertiary/aromatic N) is 1. The highest BCUT2D eigenvalue weighted by Gasteiger charge is 2.27. The van der Waals surface area contributed by atoms with Crippen LogP contribution in [-0.4, -0.2) is 18.2 Å².